The van der Waals surface area contributed by atoms with Crippen LogP contribution in [0.3, 0.4) is 0 Å². The molecule has 9 nitrogen and oxygen atoms in total. The molecule has 31 heavy (non-hydrogen) atoms. The highest BCUT2D eigenvalue weighted by atomic mass is 16.5. The molecule has 9 heteroatoms. The number of benzene rings is 1. The number of nitrogens with one attached hydrogen (secondary N) is 2. The van der Waals surface area contributed by atoms with Gasteiger partial charge in [0, 0.05) is 16.3 Å². The highest BCUT2D eigenvalue weighted by Crippen LogP contribution is 2.37. The molecule has 1 aliphatic rings. The van der Waals surface area contributed by atoms with Crippen LogP contribution >= 0.6 is 0 Å². The number of amides is 1. The molecule has 4 heterocycles. The van der Waals surface area contributed by atoms with Gasteiger partial charge >= 0.3 is 0 Å². The lowest BCUT2D eigenvalue weighted by Crippen LogP contribution is -2.34. The molecule has 0 radical (unpaired) electrons. The predicted octanol–water partition coefficient (Wildman–Crippen LogP) is 2.33. The second-order valence-corrected chi connectivity index (χ2v) is 8.07. The van der Waals surface area contributed by atoms with Gasteiger partial charge in [0.25, 0.3) is 5.91 Å². The Balaban J connectivity index is 1.78. The Morgan fingerprint density at radius 1 is 1.19 bits per heavy atom. The quantitative estimate of drug-likeness (QED) is 0.401. The van der Waals surface area contributed by atoms with Gasteiger partial charge in [0.15, 0.2) is 5.65 Å². The number of anilines is 1. The maximum absolute atomic E-state index is 12.3. The average molecular weight is 419 g/mol. The number of hydrogen-bond donors (Lipinski definition) is 4. The number of ether oxygens (including phenoxy) is 1. The fourth-order valence-corrected chi connectivity index (χ4v) is 4.39. The van der Waals surface area contributed by atoms with Crippen LogP contribution in [0.5, 0.6) is 5.88 Å². The van der Waals surface area contributed by atoms with Gasteiger partial charge in [0.1, 0.15) is 11.9 Å². The number of aryl methyl sites for hydroxylation is 2. The number of aromatic amines is 1. The standard InChI is InChI=1S/C22H25N7O2/c1-11-3-4-16-15(10-26-28-16)18(11)29-19(23)17(20(24)30)14-9-12(2)22(27-21(14)29)31-13-5-7-25-8-6-13/h3-4,9-10,13,25H,5-8,23H2,1-2H3,(H2,24,30)(H,26,28). The molecule has 0 aliphatic carbocycles. The van der Waals surface area contributed by atoms with Gasteiger partial charge in [-0.3, -0.25) is 14.5 Å². The lowest BCUT2D eigenvalue weighted by atomic mass is 10.1. The van der Waals surface area contributed by atoms with Crippen molar-refractivity contribution in [3.63, 3.8) is 0 Å². The normalized spacial score (nSPS) is 15.0. The Bertz CT molecular complexity index is 1310. The topological polar surface area (TPSA) is 137 Å². The first-order valence-corrected chi connectivity index (χ1v) is 10.4. The van der Waals surface area contributed by atoms with Crippen LogP contribution in [0.15, 0.2) is 24.4 Å². The molecule has 0 unspecified atom stereocenters. The summed E-state index contributed by atoms with van der Waals surface area (Å²) in [5, 5.41) is 12.0. The minimum absolute atomic E-state index is 0.0975. The van der Waals surface area contributed by atoms with Gasteiger partial charge in [0.05, 0.1) is 23.0 Å². The van der Waals surface area contributed by atoms with E-state index in [4.69, 9.17) is 21.2 Å². The molecule has 0 atom stereocenters. The molecule has 6 N–H and O–H groups in total. The van der Waals surface area contributed by atoms with E-state index in [0.29, 0.717) is 16.9 Å². The number of H-pyrrole nitrogens is 1. The van der Waals surface area contributed by atoms with E-state index >= 15 is 0 Å². The number of carbonyl (C=O) groups excluding carboxylic acids is 1. The summed E-state index contributed by atoms with van der Waals surface area (Å²) in [6.45, 7) is 5.74. The van der Waals surface area contributed by atoms with Crippen LogP contribution in [-0.4, -0.2) is 44.8 Å². The van der Waals surface area contributed by atoms with Crippen LogP contribution in [0.1, 0.15) is 34.3 Å². The monoisotopic (exact) mass is 419 g/mol. The molecular formula is C22H25N7O2. The summed E-state index contributed by atoms with van der Waals surface area (Å²) in [5.41, 5.74) is 16.5. The van der Waals surface area contributed by atoms with Gasteiger partial charge in [0.2, 0.25) is 5.88 Å². The molecule has 3 aromatic heterocycles. The minimum Gasteiger partial charge on any atom is -0.474 e. The number of pyridine rings is 1. The zero-order chi connectivity index (χ0) is 21.7. The summed E-state index contributed by atoms with van der Waals surface area (Å²) < 4.78 is 8.05. The molecule has 1 aromatic carbocycles. The van der Waals surface area contributed by atoms with Gasteiger partial charge in [-0.25, -0.2) is 0 Å². The van der Waals surface area contributed by atoms with E-state index in [0.717, 1.165) is 53.6 Å². The first-order valence-electron chi connectivity index (χ1n) is 10.4. The number of aromatic nitrogens is 4. The lowest BCUT2D eigenvalue weighted by Gasteiger charge is -2.24. The van der Waals surface area contributed by atoms with Crippen LogP contribution in [0, 0.1) is 13.8 Å². The highest BCUT2D eigenvalue weighted by Gasteiger charge is 2.26. The number of primary amides is 1. The summed E-state index contributed by atoms with van der Waals surface area (Å²) in [7, 11) is 0. The van der Waals surface area contributed by atoms with Gasteiger partial charge in [-0.1, -0.05) is 6.07 Å². The van der Waals surface area contributed by atoms with E-state index < -0.39 is 5.91 Å². The number of nitrogens with zero attached hydrogens (tertiary/aromatic N) is 3. The van der Waals surface area contributed by atoms with Crippen LogP contribution in [0.2, 0.25) is 0 Å². The number of rotatable bonds is 4. The number of fused-ring (bicyclic) bond motifs is 2. The number of carbonyl (C=O) groups is 1. The molecule has 160 valence electrons. The molecule has 0 spiro atoms. The maximum Gasteiger partial charge on any atom is 0.253 e. The van der Waals surface area contributed by atoms with Crippen molar-refractivity contribution >= 4 is 33.7 Å². The van der Waals surface area contributed by atoms with Crippen LogP contribution < -0.4 is 21.5 Å². The number of piperidine rings is 1. The summed E-state index contributed by atoms with van der Waals surface area (Å²) in [6, 6.07) is 5.82. The number of nitrogen functional groups attached to an aromatic ring is 1. The lowest BCUT2D eigenvalue weighted by molar-refractivity contribution is 0.100. The average Bonchev–Trinajstić information content (AvgIpc) is 3.31. The van der Waals surface area contributed by atoms with Crippen LogP contribution in [0.4, 0.5) is 5.82 Å². The van der Waals surface area contributed by atoms with E-state index in [9.17, 15) is 4.79 Å². The number of hydrogen-bond acceptors (Lipinski definition) is 6. The fourth-order valence-electron chi connectivity index (χ4n) is 4.39. The Labute approximate surface area is 178 Å². The second-order valence-electron chi connectivity index (χ2n) is 8.07. The van der Waals surface area contributed by atoms with Gasteiger partial charge in [-0.15, -0.1) is 0 Å². The molecule has 1 saturated heterocycles. The van der Waals surface area contributed by atoms with Crippen molar-refractivity contribution in [2.24, 2.45) is 5.73 Å². The smallest absolute Gasteiger partial charge is 0.253 e. The largest absolute Gasteiger partial charge is 0.474 e. The summed E-state index contributed by atoms with van der Waals surface area (Å²) >= 11 is 0. The van der Waals surface area contributed by atoms with E-state index in [-0.39, 0.29) is 17.5 Å². The first kappa shape index (κ1) is 19.4. The van der Waals surface area contributed by atoms with Gasteiger partial charge < -0.3 is 21.5 Å². The van der Waals surface area contributed by atoms with Crippen LogP contribution in [-0.2, 0) is 0 Å². The van der Waals surface area contributed by atoms with Crippen molar-refractivity contribution in [1.82, 2.24) is 25.1 Å². The van der Waals surface area contributed by atoms with Crippen LogP contribution in [0.25, 0.3) is 27.6 Å². The molecule has 4 aromatic rings. The van der Waals surface area contributed by atoms with Crippen molar-refractivity contribution < 1.29 is 9.53 Å². The summed E-state index contributed by atoms with van der Waals surface area (Å²) in [4.78, 5) is 17.2. The fraction of sp³-hybridized carbons (Fsp3) is 0.318. The Hall–Kier alpha value is -3.59. The van der Waals surface area contributed by atoms with Gasteiger partial charge in [-0.05, 0) is 57.5 Å². The third kappa shape index (κ3) is 3.09. The molecule has 0 bridgehead atoms. The second kappa shape index (κ2) is 7.28. The van der Waals surface area contributed by atoms with E-state index in [1.807, 2.05) is 32.0 Å². The molecule has 1 fully saturated rings. The predicted molar refractivity (Wildman–Crippen MR) is 120 cm³/mol. The third-order valence-corrected chi connectivity index (χ3v) is 5.96. The minimum atomic E-state index is -0.591. The molecule has 1 aliphatic heterocycles. The van der Waals surface area contributed by atoms with Crippen molar-refractivity contribution in [2.45, 2.75) is 32.8 Å². The van der Waals surface area contributed by atoms with Crippen molar-refractivity contribution in [2.75, 3.05) is 18.8 Å². The van der Waals surface area contributed by atoms with Crippen molar-refractivity contribution in [1.29, 1.82) is 0 Å². The SMILES string of the molecule is Cc1cc2c(C(N)=O)c(N)n(-c3c(C)ccc4[nH]ncc34)c2nc1OC1CCNCC1. The Morgan fingerprint density at radius 3 is 2.71 bits per heavy atom. The molecule has 1 amide bonds. The summed E-state index contributed by atoms with van der Waals surface area (Å²) in [6.07, 6.45) is 3.68. The maximum atomic E-state index is 12.3. The molecule has 5 rings (SSSR count). The molecule has 0 saturated carbocycles. The molecular weight excluding hydrogens is 394 g/mol. The Morgan fingerprint density at radius 2 is 1.97 bits per heavy atom. The van der Waals surface area contributed by atoms with E-state index in [1.165, 1.54) is 0 Å². The third-order valence-electron chi connectivity index (χ3n) is 5.96. The van der Waals surface area contributed by atoms with Gasteiger partial charge in [-0.2, -0.15) is 10.1 Å². The van der Waals surface area contributed by atoms with Crippen molar-refractivity contribution in [3.8, 4) is 11.6 Å². The van der Waals surface area contributed by atoms with Crippen molar-refractivity contribution in [3.05, 3.63) is 41.1 Å². The van der Waals surface area contributed by atoms with E-state index in [2.05, 4.69) is 15.5 Å². The highest BCUT2D eigenvalue weighted by molar-refractivity contribution is 6.11. The summed E-state index contributed by atoms with van der Waals surface area (Å²) in [5.74, 6) is 0.211. The number of nitrogens with two attached hydrogens (primary N) is 2. The zero-order valence-electron chi connectivity index (χ0n) is 17.5. The van der Waals surface area contributed by atoms with E-state index in [1.54, 1.807) is 10.8 Å². The first-order chi connectivity index (χ1) is 15.0. The Kier molecular flexibility index (Phi) is 4.55. The zero-order valence-corrected chi connectivity index (χ0v) is 17.5.